The Morgan fingerprint density at radius 2 is 2.00 bits per heavy atom. The number of nitrogens with two attached hydrogens (primary N) is 1. The van der Waals surface area contributed by atoms with Gasteiger partial charge in [0.05, 0.1) is 14.2 Å². The highest BCUT2D eigenvalue weighted by Crippen LogP contribution is 2.33. The van der Waals surface area contributed by atoms with Gasteiger partial charge in [0.25, 0.3) is 0 Å². The van der Waals surface area contributed by atoms with Crippen molar-refractivity contribution in [2.75, 3.05) is 14.2 Å². The molecule has 1 aromatic carbocycles. The molecule has 1 unspecified atom stereocenters. The molecule has 14 heavy (non-hydrogen) atoms. The van der Waals surface area contributed by atoms with E-state index in [2.05, 4.69) is 5.43 Å². The molecule has 0 aliphatic heterocycles. The fraction of sp³-hybridized carbons (Fsp3) is 0.400. The summed E-state index contributed by atoms with van der Waals surface area (Å²) >= 11 is 0. The number of hydrogen-bond acceptors (Lipinski definition) is 4. The second-order valence-corrected chi connectivity index (χ2v) is 2.97. The molecule has 4 nitrogen and oxygen atoms in total. The number of ether oxygens (including phenoxy) is 2. The van der Waals surface area contributed by atoms with Gasteiger partial charge < -0.3 is 9.47 Å². The predicted molar refractivity (Wildman–Crippen MR) is 55.3 cm³/mol. The van der Waals surface area contributed by atoms with Gasteiger partial charge in [-0.1, -0.05) is 12.1 Å². The van der Waals surface area contributed by atoms with E-state index < -0.39 is 0 Å². The van der Waals surface area contributed by atoms with Crippen LogP contribution in [-0.4, -0.2) is 14.2 Å². The third-order valence-corrected chi connectivity index (χ3v) is 2.15. The fourth-order valence-corrected chi connectivity index (χ4v) is 1.34. The molecule has 0 aromatic heterocycles. The van der Waals surface area contributed by atoms with E-state index >= 15 is 0 Å². The van der Waals surface area contributed by atoms with E-state index in [9.17, 15) is 0 Å². The zero-order valence-corrected chi connectivity index (χ0v) is 8.70. The van der Waals surface area contributed by atoms with Gasteiger partial charge in [-0.05, 0) is 13.0 Å². The summed E-state index contributed by atoms with van der Waals surface area (Å²) in [5, 5.41) is 0. The lowest BCUT2D eigenvalue weighted by molar-refractivity contribution is 0.348. The number of methoxy groups -OCH3 is 2. The third kappa shape index (κ3) is 1.97. The molecule has 1 atom stereocenters. The minimum atomic E-state index is 0.0278. The van der Waals surface area contributed by atoms with Crippen LogP contribution < -0.4 is 20.7 Å². The predicted octanol–water partition coefficient (Wildman–Crippen LogP) is 1.23. The quantitative estimate of drug-likeness (QED) is 0.561. The van der Waals surface area contributed by atoms with Crippen LogP contribution >= 0.6 is 0 Å². The Labute approximate surface area is 84.0 Å². The summed E-state index contributed by atoms with van der Waals surface area (Å²) in [6, 6.07) is 5.74. The highest BCUT2D eigenvalue weighted by atomic mass is 16.5. The summed E-state index contributed by atoms with van der Waals surface area (Å²) in [5.41, 5.74) is 3.65. The Morgan fingerprint density at radius 3 is 2.50 bits per heavy atom. The maximum Gasteiger partial charge on any atom is 0.165 e. The van der Waals surface area contributed by atoms with Crippen molar-refractivity contribution >= 4 is 0 Å². The minimum Gasteiger partial charge on any atom is -0.493 e. The summed E-state index contributed by atoms with van der Waals surface area (Å²) in [5.74, 6) is 6.81. The molecule has 0 amide bonds. The number of para-hydroxylation sites is 1. The molecule has 0 aliphatic rings. The van der Waals surface area contributed by atoms with Crippen molar-refractivity contribution in [3.05, 3.63) is 23.8 Å². The van der Waals surface area contributed by atoms with Crippen LogP contribution in [0, 0.1) is 0 Å². The summed E-state index contributed by atoms with van der Waals surface area (Å²) in [6.07, 6.45) is 0. The third-order valence-electron chi connectivity index (χ3n) is 2.15. The Hall–Kier alpha value is -1.26. The van der Waals surface area contributed by atoms with Gasteiger partial charge in [-0.15, -0.1) is 0 Å². The van der Waals surface area contributed by atoms with Crippen molar-refractivity contribution < 1.29 is 9.47 Å². The lowest BCUT2D eigenvalue weighted by Gasteiger charge is -2.16. The van der Waals surface area contributed by atoms with Crippen molar-refractivity contribution in [3.8, 4) is 11.5 Å². The zero-order valence-electron chi connectivity index (χ0n) is 8.70. The lowest BCUT2D eigenvalue weighted by atomic mass is 10.1. The van der Waals surface area contributed by atoms with Gasteiger partial charge >= 0.3 is 0 Å². The summed E-state index contributed by atoms with van der Waals surface area (Å²) in [6.45, 7) is 1.96. The molecular weight excluding hydrogens is 180 g/mol. The average Bonchev–Trinajstić information content (AvgIpc) is 2.26. The van der Waals surface area contributed by atoms with E-state index in [0.29, 0.717) is 5.75 Å². The monoisotopic (exact) mass is 196 g/mol. The maximum absolute atomic E-state index is 5.37. The van der Waals surface area contributed by atoms with Crippen molar-refractivity contribution in [1.29, 1.82) is 0 Å². The van der Waals surface area contributed by atoms with Gasteiger partial charge in [0.2, 0.25) is 0 Å². The molecule has 0 heterocycles. The topological polar surface area (TPSA) is 56.5 Å². The van der Waals surface area contributed by atoms with E-state index in [4.69, 9.17) is 15.3 Å². The van der Waals surface area contributed by atoms with Gasteiger partial charge in [0, 0.05) is 11.6 Å². The Kier molecular flexibility index (Phi) is 3.73. The first-order chi connectivity index (χ1) is 6.74. The van der Waals surface area contributed by atoms with Crippen LogP contribution in [0.1, 0.15) is 18.5 Å². The van der Waals surface area contributed by atoms with Crippen LogP contribution in [0.2, 0.25) is 0 Å². The molecule has 0 aliphatic carbocycles. The van der Waals surface area contributed by atoms with E-state index in [1.165, 1.54) is 0 Å². The summed E-state index contributed by atoms with van der Waals surface area (Å²) in [4.78, 5) is 0. The van der Waals surface area contributed by atoms with Crippen molar-refractivity contribution in [3.63, 3.8) is 0 Å². The molecule has 0 fully saturated rings. The molecular formula is C10H16N2O2. The minimum absolute atomic E-state index is 0.0278. The maximum atomic E-state index is 5.37. The van der Waals surface area contributed by atoms with Crippen LogP contribution in [-0.2, 0) is 0 Å². The van der Waals surface area contributed by atoms with Gasteiger partial charge in [-0.25, -0.2) is 0 Å². The standard InChI is InChI=1S/C10H16N2O2/c1-7(12-11)8-5-4-6-9(13-2)10(8)14-3/h4-7,12H,11H2,1-3H3. The Bertz CT molecular complexity index is 302. The highest BCUT2D eigenvalue weighted by molar-refractivity contribution is 5.47. The largest absolute Gasteiger partial charge is 0.493 e. The molecule has 78 valence electrons. The first-order valence-corrected chi connectivity index (χ1v) is 4.41. The van der Waals surface area contributed by atoms with E-state index in [-0.39, 0.29) is 6.04 Å². The molecule has 0 saturated carbocycles. The van der Waals surface area contributed by atoms with Gasteiger partial charge in [0.1, 0.15) is 0 Å². The SMILES string of the molecule is COc1cccc(C(C)NN)c1OC. The summed E-state index contributed by atoms with van der Waals surface area (Å²) < 4.78 is 10.4. The number of hydrazine groups is 1. The fourth-order valence-electron chi connectivity index (χ4n) is 1.34. The second-order valence-electron chi connectivity index (χ2n) is 2.97. The van der Waals surface area contributed by atoms with Gasteiger partial charge in [-0.2, -0.15) is 0 Å². The Balaban J connectivity index is 3.14. The normalized spacial score (nSPS) is 12.3. The molecule has 1 rings (SSSR count). The lowest BCUT2D eigenvalue weighted by Crippen LogP contribution is -2.26. The summed E-state index contributed by atoms with van der Waals surface area (Å²) in [7, 11) is 3.23. The number of hydrogen-bond donors (Lipinski definition) is 2. The molecule has 0 radical (unpaired) electrons. The van der Waals surface area contributed by atoms with Gasteiger partial charge in [-0.3, -0.25) is 11.3 Å². The van der Waals surface area contributed by atoms with Crippen molar-refractivity contribution in [1.82, 2.24) is 5.43 Å². The second kappa shape index (κ2) is 4.83. The van der Waals surface area contributed by atoms with Crippen LogP contribution in [0.15, 0.2) is 18.2 Å². The van der Waals surface area contributed by atoms with Gasteiger partial charge in [0.15, 0.2) is 11.5 Å². The van der Waals surface area contributed by atoms with E-state index in [0.717, 1.165) is 11.3 Å². The van der Waals surface area contributed by atoms with E-state index in [1.54, 1.807) is 14.2 Å². The van der Waals surface area contributed by atoms with E-state index in [1.807, 2.05) is 25.1 Å². The molecule has 3 N–H and O–H groups in total. The first-order valence-electron chi connectivity index (χ1n) is 4.41. The molecule has 0 saturated heterocycles. The average molecular weight is 196 g/mol. The molecule has 4 heteroatoms. The molecule has 0 spiro atoms. The number of rotatable bonds is 4. The smallest absolute Gasteiger partial charge is 0.165 e. The first kappa shape index (κ1) is 10.8. The van der Waals surface area contributed by atoms with Crippen LogP contribution in [0.4, 0.5) is 0 Å². The highest BCUT2D eigenvalue weighted by Gasteiger charge is 2.13. The number of nitrogens with one attached hydrogen (secondary N) is 1. The number of benzene rings is 1. The Morgan fingerprint density at radius 1 is 1.29 bits per heavy atom. The van der Waals surface area contributed by atoms with Crippen LogP contribution in [0.5, 0.6) is 11.5 Å². The van der Waals surface area contributed by atoms with Crippen molar-refractivity contribution in [2.45, 2.75) is 13.0 Å². The van der Waals surface area contributed by atoms with Crippen LogP contribution in [0.25, 0.3) is 0 Å². The molecule has 0 bridgehead atoms. The van der Waals surface area contributed by atoms with Crippen molar-refractivity contribution in [2.24, 2.45) is 5.84 Å². The van der Waals surface area contributed by atoms with Crippen LogP contribution in [0.3, 0.4) is 0 Å². The molecule has 1 aromatic rings. The zero-order chi connectivity index (χ0) is 10.6.